The van der Waals surface area contributed by atoms with E-state index in [2.05, 4.69) is 10.6 Å². The molecule has 2 N–H and O–H groups in total. The number of amides is 3. The van der Waals surface area contributed by atoms with Gasteiger partial charge in [0, 0.05) is 35.6 Å². The number of rotatable bonds is 7. The van der Waals surface area contributed by atoms with Gasteiger partial charge in [-0.05, 0) is 60.7 Å². The molecule has 2 heterocycles. The molecule has 1 saturated heterocycles. The number of benzene rings is 2. The summed E-state index contributed by atoms with van der Waals surface area (Å²) in [6, 6.07) is 18.6. The molecule has 168 valence electrons. The molecule has 1 fully saturated rings. The smallest absolute Gasteiger partial charge is 0.268 e. The Morgan fingerprint density at radius 2 is 1.94 bits per heavy atom. The molecule has 3 aromatic rings. The number of nitrogens with zero attached hydrogens (tertiary/aromatic N) is 1. The zero-order valence-corrected chi connectivity index (χ0v) is 19.2. The number of aryl methyl sites for hydroxylation is 1. The van der Waals surface area contributed by atoms with Crippen LogP contribution in [-0.4, -0.2) is 24.3 Å². The van der Waals surface area contributed by atoms with Crippen LogP contribution in [0.2, 0.25) is 0 Å². The third-order valence-electron chi connectivity index (χ3n) is 5.35. The van der Waals surface area contributed by atoms with E-state index < -0.39 is 0 Å². The van der Waals surface area contributed by atoms with Crippen LogP contribution in [0.25, 0.3) is 6.08 Å². The van der Waals surface area contributed by atoms with Crippen LogP contribution in [0.4, 0.5) is 5.69 Å². The first-order valence-electron chi connectivity index (χ1n) is 10.8. The molecule has 0 atom stereocenters. The predicted octanol–water partition coefficient (Wildman–Crippen LogP) is 4.27. The molecule has 1 aliphatic rings. The summed E-state index contributed by atoms with van der Waals surface area (Å²) in [5, 5.41) is 7.56. The molecule has 0 radical (unpaired) electrons. The molecule has 2 aromatic carbocycles. The molecule has 0 spiro atoms. The summed E-state index contributed by atoms with van der Waals surface area (Å²) in [6.45, 7) is 2.90. The number of hydrogen-bond donors (Lipinski definition) is 2. The molecule has 1 aliphatic heterocycles. The highest BCUT2D eigenvalue weighted by Gasteiger charge is 2.22. The molecular weight excluding hydrogens is 434 g/mol. The highest BCUT2D eigenvalue weighted by Crippen LogP contribution is 2.22. The first-order chi connectivity index (χ1) is 16.0. The Kier molecular flexibility index (Phi) is 7.00. The molecule has 33 heavy (non-hydrogen) atoms. The maximum atomic E-state index is 13.0. The second-order valence-electron chi connectivity index (χ2n) is 7.90. The number of carbonyl (C=O) groups is 3. The highest BCUT2D eigenvalue weighted by molar-refractivity contribution is 7.10. The molecule has 0 unspecified atom stereocenters. The van der Waals surface area contributed by atoms with Gasteiger partial charge in [-0.3, -0.25) is 14.4 Å². The van der Waals surface area contributed by atoms with Gasteiger partial charge >= 0.3 is 0 Å². The monoisotopic (exact) mass is 459 g/mol. The van der Waals surface area contributed by atoms with Gasteiger partial charge in [-0.25, -0.2) is 0 Å². The molecule has 0 saturated carbocycles. The van der Waals surface area contributed by atoms with Crippen molar-refractivity contribution in [2.24, 2.45) is 0 Å². The van der Waals surface area contributed by atoms with E-state index in [1.807, 2.05) is 60.8 Å². The minimum atomic E-state index is -0.382. The summed E-state index contributed by atoms with van der Waals surface area (Å²) in [5.41, 5.74) is 3.34. The summed E-state index contributed by atoms with van der Waals surface area (Å²) in [4.78, 5) is 40.5. The van der Waals surface area contributed by atoms with Gasteiger partial charge in [0.15, 0.2) is 0 Å². The summed E-state index contributed by atoms with van der Waals surface area (Å²) in [7, 11) is 0. The Morgan fingerprint density at radius 3 is 2.67 bits per heavy atom. The van der Waals surface area contributed by atoms with E-state index >= 15 is 0 Å². The fraction of sp³-hybridized carbons (Fsp3) is 0.192. The second kappa shape index (κ2) is 10.3. The Morgan fingerprint density at radius 1 is 1.09 bits per heavy atom. The lowest BCUT2D eigenvalue weighted by atomic mass is 10.1. The van der Waals surface area contributed by atoms with Crippen molar-refractivity contribution < 1.29 is 14.4 Å². The van der Waals surface area contributed by atoms with Crippen molar-refractivity contribution in [2.45, 2.75) is 26.3 Å². The van der Waals surface area contributed by atoms with E-state index in [0.29, 0.717) is 18.5 Å². The van der Waals surface area contributed by atoms with Gasteiger partial charge in [0.2, 0.25) is 5.91 Å². The van der Waals surface area contributed by atoms with E-state index in [0.717, 1.165) is 28.1 Å². The minimum Gasteiger partial charge on any atom is -0.347 e. The molecular formula is C26H25N3O3S. The average molecular weight is 460 g/mol. The van der Waals surface area contributed by atoms with Crippen molar-refractivity contribution in [3.05, 3.63) is 93.3 Å². The van der Waals surface area contributed by atoms with Gasteiger partial charge in [0.1, 0.15) is 5.70 Å². The van der Waals surface area contributed by atoms with Crippen LogP contribution in [0, 0.1) is 6.92 Å². The molecule has 6 nitrogen and oxygen atoms in total. The summed E-state index contributed by atoms with van der Waals surface area (Å²) < 4.78 is 0. The van der Waals surface area contributed by atoms with Gasteiger partial charge in [-0.15, -0.1) is 11.3 Å². The normalized spacial score (nSPS) is 13.8. The number of nitrogens with one attached hydrogen (secondary N) is 2. The predicted molar refractivity (Wildman–Crippen MR) is 131 cm³/mol. The van der Waals surface area contributed by atoms with Gasteiger partial charge in [0.05, 0.1) is 0 Å². The van der Waals surface area contributed by atoms with Crippen molar-refractivity contribution in [3.63, 3.8) is 0 Å². The molecule has 0 bridgehead atoms. The number of anilines is 1. The Labute approximate surface area is 196 Å². The molecule has 7 heteroatoms. The van der Waals surface area contributed by atoms with Crippen LogP contribution < -0.4 is 15.5 Å². The Balaban J connectivity index is 1.48. The lowest BCUT2D eigenvalue weighted by Crippen LogP contribution is -2.34. The van der Waals surface area contributed by atoms with Crippen LogP contribution in [0.3, 0.4) is 0 Å². The highest BCUT2D eigenvalue weighted by atomic mass is 32.1. The van der Waals surface area contributed by atoms with Crippen molar-refractivity contribution in [2.75, 3.05) is 11.4 Å². The third kappa shape index (κ3) is 5.75. The van der Waals surface area contributed by atoms with Gasteiger partial charge in [-0.1, -0.05) is 35.9 Å². The topological polar surface area (TPSA) is 78.5 Å². The minimum absolute atomic E-state index is 0.121. The number of thiophene rings is 1. The van der Waals surface area contributed by atoms with Gasteiger partial charge in [-0.2, -0.15) is 0 Å². The van der Waals surface area contributed by atoms with Crippen LogP contribution in [0.5, 0.6) is 0 Å². The van der Waals surface area contributed by atoms with Crippen LogP contribution >= 0.6 is 11.3 Å². The Hall–Kier alpha value is -3.71. The SMILES string of the molecule is Cc1cccc(C(=O)N/C(=C\c2cccs2)C(=O)NCc2cccc(N3CCCC3=O)c2)c1. The van der Waals surface area contributed by atoms with Gasteiger partial charge in [0.25, 0.3) is 11.8 Å². The van der Waals surface area contributed by atoms with Crippen LogP contribution in [0.15, 0.2) is 71.7 Å². The van der Waals surface area contributed by atoms with E-state index in [4.69, 9.17) is 0 Å². The zero-order valence-electron chi connectivity index (χ0n) is 18.3. The van der Waals surface area contributed by atoms with Crippen molar-refractivity contribution in [1.29, 1.82) is 0 Å². The van der Waals surface area contributed by atoms with Crippen molar-refractivity contribution >= 4 is 40.8 Å². The number of carbonyl (C=O) groups excluding carboxylic acids is 3. The molecule has 0 aliphatic carbocycles. The second-order valence-corrected chi connectivity index (χ2v) is 8.88. The largest absolute Gasteiger partial charge is 0.347 e. The molecule has 3 amide bonds. The molecule has 1 aromatic heterocycles. The van der Waals surface area contributed by atoms with Crippen molar-refractivity contribution in [3.8, 4) is 0 Å². The summed E-state index contributed by atoms with van der Waals surface area (Å²) in [6.07, 6.45) is 3.10. The maximum absolute atomic E-state index is 13.0. The maximum Gasteiger partial charge on any atom is 0.268 e. The summed E-state index contributed by atoms with van der Waals surface area (Å²) in [5.74, 6) is -0.602. The average Bonchev–Trinajstić information content (AvgIpc) is 3.49. The summed E-state index contributed by atoms with van der Waals surface area (Å²) >= 11 is 1.48. The lowest BCUT2D eigenvalue weighted by molar-refractivity contribution is -0.118. The Bertz CT molecular complexity index is 1200. The quantitative estimate of drug-likeness (QED) is 0.518. The fourth-order valence-electron chi connectivity index (χ4n) is 3.69. The zero-order chi connectivity index (χ0) is 23.2. The fourth-order valence-corrected chi connectivity index (χ4v) is 4.35. The third-order valence-corrected chi connectivity index (χ3v) is 6.17. The van der Waals surface area contributed by atoms with E-state index in [9.17, 15) is 14.4 Å². The van der Waals surface area contributed by atoms with Gasteiger partial charge < -0.3 is 15.5 Å². The lowest BCUT2D eigenvalue weighted by Gasteiger charge is -2.17. The van der Waals surface area contributed by atoms with Crippen molar-refractivity contribution in [1.82, 2.24) is 10.6 Å². The molecule has 4 rings (SSSR count). The van der Waals surface area contributed by atoms with E-state index in [1.165, 1.54) is 11.3 Å². The van der Waals surface area contributed by atoms with E-state index in [-0.39, 0.29) is 30.0 Å². The van der Waals surface area contributed by atoms with Crippen LogP contribution in [0.1, 0.15) is 39.2 Å². The van der Waals surface area contributed by atoms with Crippen LogP contribution in [-0.2, 0) is 16.1 Å². The first kappa shape index (κ1) is 22.5. The standard InChI is InChI=1S/C26H25N3O3S/c1-18-6-2-8-20(14-18)25(31)28-23(16-22-10-5-13-33-22)26(32)27-17-19-7-3-9-21(15-19)29-12-4-11-24(29)30/h2-3,5-10,13-16H,4,11-12,17H2,1H3,(H,27,32)(H,28,31)/b23-16-. The van der Waals surface area contributed by atoms with E-state index in [1.54, 1.807) is 23.1 Å². The first-order valence-corrected chi connectivity index (χ1v) is 11.7. The number of hydrogen-bond acceptors (Lipinski definition) is 4.